The second-order valence-electron chi connectivity index (χ2n) is 6.95. The molecule has 0 aromatic heterocycles. The highest BCUT2D eigenvalue weighted by Crippen LogP contribution is 2.27. The zero-order valence-electron chi connectivity index (χ0n) is 13.8. The zero-order chi connectivity index (χ0) is 16.5. The molecule has 22 heavy (non-hydrogen) atoms. The first-order valence-electron chi connectivity index (χ1n) is 7.67. The van der Waals surface area contributed by atoms with E-state index < -0.39 is 17.8 Å². The van der Waals surface area contributed by atoms with E-state index in [1.807, 2.05) is 33.8 Å². The lowest BCUT2D eigenvalue weighted by molar-refractivity contribution is -0.0101. The highest BCUT2D eigenvalue weighted by molar-refractivity contribution is 5.69. The number of carbonyl (C=O) groups excluding carboxylic acids is 1. The molecule has 0 fully saturated rings. The number of rotatable bonds is 2. The molecule has 1 aromatic carbocycles. The van der Waals surface area contributed by atoms with Crippen molar-refractivity contribution in [3.05, 3.63) is 34.9 Å². The number of carbonyl (C=O) groups is 1. The molecule has 0 saturated carbocycles. The molecule has 0 spiro atoms. The van der Waals surface area contributed by atoms with Gasteiger partial charge in [-0.3, -0.25) is 4.90 Å². The summed E-state index contributed by atoms with van der Waals surface area (Å²) in [6.07, 6.45) is -0.577. The molecule has 0 saturated heterocycles. The Balaban J connectivity index is 2.30. The lowest BCUT2D eigenvalue weighted by atomic mass is 9.90. The Bertz CT molecular complexity index is 551. The molecular formula is C17H26N2O3. The molecule has 1 aromatic rings. The van der Waals surface area contributed by atoms with Crippen LogP contribution < -0.4 is 5.73 Å². The molecule has 2 atom stereocenters. The van der Waals surface area contributed by atoms with Crippen LogP contribution in [0.2, 0.25) is 0 Å². The standard InChI is InChI=1S/C17H26N2O3/c1-11-5-6-12-8-14(15(20)9-18)19(10-13(12)7-11)16(21)22-17(2,3)4/h5-7,14-15,20H,8-10,18H2,1-4H3/t14-,15+/m0/s1. The number of nitrogens with two attached hydrogens (primary N) is 1. The van der Waals surface area contributed by atoms with Crippen LogP contribution in [0.3, 0.4) is 0 Å². The second-order valence-corrected chi connectivity index (χ2v) is 6.95. The number of aliphatic hydroxyl groups is 1. The van der Waals surface area contributed by atoms with Crippen LogP contribution in [0, 0.1) is 6.92 Å². The van der Waals surface area contributed by atoms with Gasteiger partial charge in [-0.25, -0.2) is 4.79 Å². The SMILES string of the molecule is Cc1ccc2c(c1)CN(C(=O)OC(C)(C)C)[C@H]([C@H](O)CN)C2. The summed E-state index contributed by atoms with van der Waals surface area (Å²) >= 11 is 0. The van der Waals surface area contributed by atoms with Gasteiger partial charge in [-0.1, -0.05) is 23.8 Å². The number of aryl methyl sites for hydroxylation is 1. The number of aliphatic hydroxyl groups excluding tert-OH is 1. The Labute approximate surface area is 132 Å². The topological polar surface area (TPSA) is 75.8 Å². The second kappa shape index (κ2) is 6.26. The third-order valence-electron chi connectivity index (χ3n) is 3.85. The summed E-state index contributed by atoms with van der Waals surface area (Å²) in [6.45, 7) is 8.08. The Morgan fingerprint density at radius 1 is 1.45 bits per heavy atom. The first-order chi connectivity index (χ1) is 10.2. The minimum atomic E-state index is -0.762. The Morgan fingerprint density at radius 2 is 2.14 bits per heavy atom. The van der Waals surface area contributed by atoms with Crippen LogP contribution in [0.15, 0.2) is 18.2 Å². The number of nitrogens with zero attached hydrogens (tertiary/aromatic N) is 1. The lowest BCUT2D eigenvalue weighted by Crippen LogP contribution is -2.53. The average molecular weight is 306 g/mol. The largest absolute Gasteiger partial charge is 0.444 e. The van der Waals surface area contributed by atoms with Crippen LogP contribution in [0.1, 0.15) is 37.5 Å². The van der Waals surface area contributed by atoms with Gasteiger partial charge in [0.2, 0.25) is 0 Å². The van der Waals surface area contributed by atoms with E-state index in [1.165, 1.54) is 0 Å². The molecule has 0 unspecified atom stereocenters. The van der Waals surface area contributed by atoms with Crippen molar-refractivity contribution in [1.29, 1.82) is 0 Å². The lowest BCUT2D eigenvalue weighted by Gasteiger charge is -2.39. The van der Waals surface area contributed by atoms with Gasteiger partial charge in [-0.2, -0.15) is 0 Å². The first kappa shape index (κ1) is 16.8. The smallest absolute Gasteiger partial charge is 0.410 e. The van der Waals surface area contributed by atoms with E-state index in [2.05, 4.69) is 12.1 Å². The van der Waals surface area contributed by atoms with Gasteiger partial charge in [-0.15, -0.1) is 0 Å². The summed E-state index contributed by atoms with van der Waals surface area (Å²) in [4.78, 5) is 14.1. The molecule has 0 bridgehead atoms. The zero-order valence-corrected chi connectivity index (χ0v) is 13.8. The van der Waals surface area contributed by atoms with Crippen LogP contribution >= 0.6 is 0 Å². The molecule has 5 nitrogen and oxygen atoms in total. The van der Waals surface area contributed by atoms with E-state index >= 15 is 0 Å². The van der Waals surface area contributed by atoms with E-state index in [4.69, 9.17) is 10.5 Å². The number of benzene rings is 1. The van der Waals surface area contributed by atoms with E-state index in [0.717, 1.165) is 16.7 Å². The minimum absolute atomic E-state index is 0.116. The maximum atomic E-state index is 12.5. The molecule has 3 N–H and O–H groups in total. The number of hydrogen-bond acceptors (Lipinski definition) is 4. The van der Waals surface area contributed by atoms with Crippen molar-refractivity contribution < 1.29 is 14.6 Å². The van der Waals surface area contributed by atoms with Crippen LogP contribution in [0.5, 0.6) is 0 Å². The summed E-state index contributed by atoms with van der Waals surface area (Å²) in [5, 5.41) is 10.2. The van der Waals surface area contributed by atoms with E-state index in [0.29, 0.717) is 13.0 Å². The Hall–Kier alpha value is -1.59. The van der Waals surface area contributed by atoms with Crippen molar-refractivity contribution in [2.75, 3.05) is 6.54 Å². The molecule has 5 heteroatoms. The Morgan fingerprint density at radius 3 is 2.73 bits per heavy atom. The van der Waals surface area contributed by atoms with Crippen molar-refractivity contribution >= 4 is 6.09 Å². The highest BCUT2D eigenvalue weighted by atomic mass is 16.6. The minimum Gasteiger partial charge on any atom is -0.444 e. The normalized spacial score (nSPS) is 19.5. The fraction of sp³-hybridized carbons (Fsp3) is 0.588. The van der Waals surface area contributed by atoms with Gasteiger partial charge in [-0.05, 0) is 45.2 Å². The average Bonchev–Trinajstić information content (AvgIpc) is 2.43. The van der Waals surface area contributed by atoms with Crippen molar-refractivity contribution in [3.8, 4) is 0 Å². The summed E-state index contributed by atoms with van der Waals surface area (Å²) in [7, 11) is 0. The van der Waals surface area contributed by atoms with Gasteiger partial charge < -0.3 is 15.6 Å². The quantitative estimate of drug-likeness (QED) is 0.876. The van der Waals surface area contributed by atoms with Crippen molar-refractivity contribution in [2.24, 2.45) is 5.73 Å². The molecule has 1 amide bonds. The number of ether oxygens (including phenoxy) is 1. The third-order valence-corrected chi connectivity index (χ3v) is 3.85. The third kappa shape index (κ3) is 3.78. The molecule has 1 aliphatic heterocycles. The van der Waals surface area contributed by atoms with Crippen LogP contribution in [0.25, 0.3) is 0 Å². The van der Waals surface area contributed by atoms with Crippen LogP contribution in [-0.4, -0.2) is 40.4 Å². The van der Waals surface area contributed by atoms with Gasteiger partial charge in [0.05, 0.1) is 12.1 Å². The summed E-state index contributed by atoms with van der Waals surface area (Å²) in [5.41, 5.74) is 8.45. The van der Waals surface area contributed by atoms with E-state index in [1.54, 1.807) is 4.90 Å². The van der Waals surface area contributed by atoms with Crippen LogP contribution in [0.4, 0.5) is 4.79 Å². The van der Waals surface area contributed by atoms with Gasteiger partial charge >= 0.3 is 6.09 Å². The summed E-state index contributed by atoms with van der Waals surface area (Å²) in [5.74, 6) is 0. The number of fused-ring (bicyclic) bond motifs is 1. The van der Waals surface area contributed by atoms with Gasteiger partial charge in [0.1, 0.15) is 5.60 Å². The summed E-state index contributed by atoms with van der Waals surface area (Å²) in [6, 6.07) is 5.84. The molecule has 1 aliphatic rings. The molecular weight excluding hydrogens is 280 g/mol. The molecule has 122 valence electrons. The van der Waals surface area contributed by atoms with E-state index in [9.17, 15) is 9.90 Å². The maximum absolute atomic E-state index is 12.5. The van der Waals surface area contributed by atoms with Gasteiger partial charge in [0, 0.05) is 13.1 Å². The molecule has 1 heterocycles. The van der Waals surface area contributed by atoms with Gasteiger partial charge in [0.25, 0.3) is 0 Å². The van der Waals surface area contributed by atoms with Gasteiger partial charge in [0.15, 0.2) is 0 Å². The summed E-state index contributed by atoms with van der Waals surface area (Å²) < 4.78 is 5.48. The van der Waals surface area contributed by atoms with E-state index in [-0.39, 0.29) is 12.6 Å². The fourth-order valence-corrected chi connectivity index (χ4v) is 2.76. The first-order valence-corrected chi connectivity index (χ1v) is 7.67. The highest BCUT2D eigenvalue weighted by Gasteiger charge is 2.36. The fourth-order valence-electron chi connectivity index (χ4n) is 2.76. The molecule has 2 rings (SSSR count). The van der Waals surface area contributed by atoms with Crippen molar-refractivity contribution in [3.63, 3.8) is 0 Å². The Kier molecular flexibility index (Phi) is 4.78. The maximum Gasteiger partial charge on any atom is 0.410 e. The molecule has 0 radical (unpaired) electrons. The van der Waals surface area contributed by atoms with Crippen molar-refractivity contribution in [1.82, 2.24) is 4.90 Å². The number of amides is 1. The van der Waals surface area contributed by atoms with Crippen molar-refractivity contribution in [2.45, 2.75) is 58.4 Å². The predicted molar refractivity (Wildman–Crippen MR) is 85.5 cm³/mol. The number of hydrogen-bond donors (Lipinski definition) is 2. The predicted octanol–water partition coefficient (Wildman–Crippen LogP) is 1.98. The molecule has 0 aliphatic carbocycles. The van der Waals surface area contributed by atoms with Crippen LogP contribution in [-0.2, 0) is 17.7 Å². The monoisotopic (exact) mass is 306 g/mol.